The fraction of sp³-hybridized carbons (Fsp3) is 0.909. The number of ether oxygens (including phenoxy) is 1. The minimum atomic E-state index is -0.899. The fourth-order valence-electron chi connectivity index (χ4n) is 2.54. The van der Waals surface area contributed by atoms with Crippen molar-refractivity contribution in [1.82, 2.24) is 5.32 Å². The molecule has 0 spiro atoms. The first kappa shape index (κ1) is 12.5. The summed E-state index contributed by atoms with van der Waals surface area (Å²) in [4.78, 5) is 10.4. The predicted octanol–water partition coefficient (Wildman–Crippen LogP) is 1.40. The van der Waals surface area contributed by atoms with E-state index in [4.69, 9.17) is 9.84 Å². The van der Waals surface area contributed by atoms with Crippen LogP contribution in [0.15, 0.2) is 0 Å². The van der Waals surface area contributed by atoms with Crippen molar-refractivity contribution in [3.63, 3.8) is 0 Å². The standard InChI is InChI=1S/C11H21NO3/c1-10(2)5-8(15-7-9(13)14)6-11(3,4)12-10/h8,12H,5-7H2,1-4H3,(H,13,14). The Kier molecular flexibility index (Phi) is 3.41. The van der Waals surface area contributed by atoms with Crippen LogP contribution in [0.5, 0.6) is 0 Å². The zero-order valence-electron chi connectivity index (χ0n) is 9.96. The average molecular weight is 215 g/mol. The second-order valence-electron chi connectivity index (χ2n) is 5.63. The number of carboxylic acid groups (broad SMARTS) is 1. The lowest BCUT2D eigenvalue weighted by atomic mass is 9.81. The van der Waals surface area contributed by atoms with Crippen molar-refractivity contribution >= 4 is 5.97 Å². The zero-order chi connectivity index (χ0) is 11.7. The molecule has 0 aromatic carbocycles. The molecule has 0 atom stereocenters. The molecule has 4 heteroatoms. The Bertz CT molecular complexity index is 232. The van der Waals surface area contributed by atoms with Crippen LogP contribution in [0.2, 0.25) is 0 Å². The van der Waals surface area contributed by atoms with Gasteiger partial charge in [-0.25, -0.2) is 4.79 Å². The molecule has 1 rings (SSSR count). The largest absolute Gasteiger partial charge is 0.480 e. The van der Waals surface area contributed by atoms with Crippen molar-refractivity contribution in [3.05, 3.63) is 0 Å². The second-order valence-corrected chi connectivity index (χ2v) is 5.63. The van der Waals surface area contributed by atoms with Gasteiger partial charge in [0, 0.05) is 11.1 Å². The molecule has 4 nitrogen and oxygen atoms in total. The van der Waals surface area contributed by atoms with Gasteiger partial charge in [-0.1, -0.05) is 0 Å². The lowest BCUT2D eigenvalue weighted by Crippen LogP contribution is -2.59. The van der Waals surface area contributed by atoms with E-state index in [-0.39, 0.29) is 23.8 Å². The lowest BCUT2D eigenvalue weighted by Gasteiger charge is -2.46. The van der Waals surface area contributed by atoms with Crippen LogP contribution in [0.25, 0.3) is 0 Å². The number of piperidine rings is 1. The van der Waals surface area contributed by atoms with Gasteiger partial charge in [-0.2, -0.15) is 0 Å². The molecule has 0 saturated carbocycles. The van der Waals surface area contributed by atoms with E-state index in [0.29, 0.717) is 0 Å². The Morgan fingerprint density at radius 1 is 1.33 bits per heavy atom. The highest BCUT2D eigenvalue weighted by molar-refractivity contribution is 5.68. The molecule has 2 N–H and O–H groups in total. The van der Waals surface area contributed by atoms with Gasteiger partial charge in [0.05, 0.1) is 6.10 Å². The summed E-state index contributed by atoms with van der Waals surface area (Å²) in [7, 11) is 0. The highest BCUT2D eigenvalue weighted by atomic mass is 16.5. The van der Waals surface area contributed by atoms with Crippen molar-refractivity contribution in [2.75, 3.05) is 6.61 Å². The number of rotatable bonds is 3. The Morgan fingerprint density at radius 3 is 2.20 bits per heavy atom. The minimum Gasteiger partial charge on any atom is -0.480 e. The molecule has 0 radical (unpaired) electrons. The first-order chi connectivity index (χ1) is 6.70. The van der Waals surface area contributed by atoms with Crippen LogP contribution in [0.1, 0.15) is 40.5 Å². The van der Waals surface area contributed by atoms with Gasteiger partial charge in [-0.3, -0.25) is 0 Å². The normalized spacial score (nSPS) is 25.1. The van der Waals surface area contributed by atoms with E-state index in [1.54, 1.807) is 0 Å². The molecule has 1 aliphatic heterocycles. The van der Waals surface area contributed by atoms with Gasteiger partial charge >= 0.3 is 5.97 Å². The fourth-order valence-corrected chi connectivity index (χ4v) is 2.54. The Hall–Kier alpha value is -0.610. The lowest BCUT2D eigenvalue weighted by molar-refractivity contribution is -0.146. The summed E-state index contributed by atoms with van der Waals surface area (Å²) in [6.45, 7) is 8.27. The quantitative estimate of drug-likeness (QED) is 0.747. The van der Waals surface area contributed by atoms with E-state index < -0.39 is 5.97 Å². The first-order valence-corrected chi connectivity index (χ1v) is 5.33. The average Bonchev–Trinajstić information content (AvgIpc) is 1.94. The molecule has 0 unspecified atom stereocenters. The highest BCUT2D eigenvalue weighted by Crippen LogP contribution is 2.30. The topological polar surface area (TPSA) is 58.6 Å². The van der Waals surface area contributed by atoms with Crippen molar-refractivity contribution in [2.24, 2.45) is 0 Å². The summed E-state index contributed by atoms with van der Waals surface area (Å²) in [5.74, 6) is -0.899. The van der Waals surface area contributed by atoms with E-state index in [0.717, 1.165) is 12.8 Å². The van der Waals surface area contributed by atoms with E-state index in [1.165, 1.54) is 0 Å². The number of carboxylic acids is 1. The summed E-state index contributed by atoms with van der Waals surface area (Å²) in [5.41, 5.74) is 0.00976. The van der Waals surface area contributed by atoms with Gasteiger partial charge in [0.1, 0.15) is 6.61 Å². The van der Waals surface area contributed by atoms with Gasteiger partial charge in [0.25, 0.3) is 0 Å². The summed E-state index contributed by atoms with van der Waals surface area (Å²) >= 11 is 0. The SMILES string of the molecule is CC1(C)CC(OCC(=O)O)CC(C)(C)N1. The maximum Gasteiger partial charge on any atom is 0.329 e. The number of hydrogen-bond donors (Lipinski definition) is 2. The summed E-state index contributed by atoms with van der Waals surface area (Å²) < 4.78 is 5.38. The molecular formula is C11H21NO3. The predicted molar refractivity (Wildman–Crippen MR) is 57.9 cm³/mol. The molecule has 0 aromatic rings. The molecule has 1 heterocycles. The summed E-state index contributed by atoms with van der Waals surface area (Å²) in [5, 5.41) is 12.1. The van der Waals surface area contributed by atoms with Crippen molar-refractivity contribution in [1.29, 1.82) is 0 Å². The van der Waals surface area contributed by atoms with Crippen molar-refractivity contribution in [2.45, 2.75) is 57.7 Å². The summed E-state index contributed by atoms with van der Waals surface area (Å²) in [6, 6.07) is 0. The zero-order valence-corrected chi connectivity index (χ0v) is 9.96. The smallest absolute Gasteiger partial charge is 0.329 e. The van der Waals surface area contributed by atoms with E-state index in [9.17, 15) is 4.79 Å². The number of hydrogen-bond acceptors (Lipinski definition) is 3. The molecule has 0 amide bonds. The van der Waals surface area contributed by atoms with Crippen LogP contribution in [-0.2, 0) is 9.53 Å². The maximum absolute atomic E-state index is 10.4. The van der Waals surface area contributed by atoms with Crippen LogP contribution >= 0.6 is 0 Å². The number of aliphatic carboxylic acids is 1. The molecule has 0 bridgehead atoms. The molecular weight excluding hydrogens is 194 g/mol. The van der Waals surface area contributed by atoms with E-state index in [2.05, 4.69) is 33.0 Å². The van der Waals surface area contributed by atoms with Gasteiger partial charge in [-0.15, -0.1) is 0 Å². The molecule has 0 aliphatic carbocycles. The van der Waals surface area contributed by atoms with Crippen LogP contribution in [-0.4, -0.2) is 34.9 Å². The van der Waals surface area contributed by atoms with Gasteiger partial charge in [0.2, 0.25) is 0 Å². The van der Waals surface area contributed by atoms with Gasteiger partial charge < -0.3 is 15.2 Å². The molecule has 1 fully saturated rings. The summed E-state index contributed by atoms with van der Waals surface area (Å²) in [6.07, 6.45) is 1.74. The Balaban J connectivity index is 2.55. The third kappa shape index (κ3) is 4.18. The molecule has 15 heavy (non-hydrogen) atoms. The third-order valence-corrected chi connectivity index (χ3v) is 2.60. The van der Waals surface area contributed by atoms with E-state index >= 15 is 0 Å². The Labute approximate surface area is 91.0 Å². The second kappa shape index (κ2) is 4.10. The van der Waals surface area contributed by atoms with Crippen LogP contribution < -0.4 is 5.32 Å². The van der Waals surface area contributed by atoms with Crippen LogP contribution in [0.4, 0.5) is 0 Å². The monoisotopic (exact) mass is 215 g/mol. The van der Waals surface area contributed by atoms with E-state index in [1.807, 2.05) is 0 Å². The first-order valence-electron chi connectivity index (χ1n) is 5.33. The number of carbonyl (C=O) groups is 1. The minimum absolute atomic E-state index is 0.00488. The molecule has 1 saturated heterocycles. The molecule has 1 aliphatic rings. The van der Waals surface area contributed by atoms with Crippen LogP contribution in [0, 0.1) is 0 Å². The third-order valence-electron chi connectivity index (χ3n) is 2.60. The maximum atomic E-state index is 10.4. The highest BCUT2D eigenvalue weighted by Gasteiger charge is 2.38. The Morgan fingerprint density at radius 2 is 1.80 bits per heavy atom. The number of nitrogens with one attached hydrogen (secondary N) is 1. The molecule has 0 aromatic heterocycles. The van der Waals surface area contributed by atoms with Crippen LogP contribution in [0.3, 0.4) is 0 Å². The van der Waals surface area contributed by atoms with Gasteiger partial charge in [-0.05, 0) is 40.5 Å². The molecule has 88 valence electrons. The van der Waals surface area contributed by atoms with Crippen molar-refractivity contribution in [3.8, 4) is 0 Å². The van der Waals surface area contributed by atoms with Gasteiger partial charge in [0.15, 0.2) is 0 Å². The van der Waals surface area contributed by atoms with Crippen molar-refractivity contribution < 1.29 is 14.6 Å².